The predicted molar refractivity (Wildman–Crippen MR) is 87.8 cm³/mol. The topological polar surface area (TPSA) is 83.3 Å². The first kappa shape index (κ1) is 16.0. The van der Waals surface area contributed by atoms with Crippen LogP contribution in [0.1, 0.15) is 37.0 Å². The van der Waals surface area contributed by atoms with Crippen molar-refractivity contribution in [3.63, 3.8) is 0 Å². The van der Waals surface area contributed by atoms with E-state index in [1.165, 1.54) is 11.5 Å². The molecule has 2 rings (SSSR count). The monoisotopic (exact) mass is 311 g/mol. The van der Waals surface area contributed by atoms with Gasteiger partial charge in [0.25, 0.3) is 5.91 Å². The molecule has 4 N–H and O–H groups in total. The molecule has 1 amide bonds. The highest BCUT2D eigenvalue weighted by atomic mass is 32.1. The lowest BCUT2D eigenvalue weighted by molar-refractivity contribution is 0.0953. The number of amides is 1. The summed E-state index contributed by atoms with van der Waals surface area (Å²) in [6.07, 6.45) is 2.11. The van der Waals surface area contributed by atoms with E-state index < -0.39 is 0 Å². The molecule has 0 atom stereocenters. The lowest BCUT2D eigenvalue weighted by Gasteiger charge is -2.28. The molecule has 1 aromatic heterocycles. The largest absolute Gasteiger partial charge is 0.382 e. The van der Waals surface area contributed by atoms with E-state index in [-0.39, 0.29) is 11.3 Å². The van der Waals surface area contributed by atoms with Crippen molar-refractivity contribution in [1.29, 1.82) is 0 Å². The average molecular weight is 311 g/mol. The third-order valence-electron chi connectivity index (χ3n) is 3.33. The minimum absolute atomic E-state index is 0.0898. The minimum atomic E-state index is -0.114. The van der Waals surface area contributed by atoms with Gasteiger partial charge in [0.1, 0.15) is 10.6 Å². The molecular formula is C14H25N5OS. The van der Waals surface area contributed by atoms with E-state index >= 15 is 0 Å². The SMILES string of the molecule is CN(C)CC(C)(C)CNc1snc(N)c1C(=O)NC1CC1. The summed E-state index contributed by atoms with van der Waals surface area (Å²) in [5.74, 6) is 0.197. The van der Waals surface area contributed by atoms with Crippen LogP contribution >= 0.6 is 11.5 Å². The van der Waals surface area contributed by atoms with Gasteiger partial charge in [0.15, 0.2) is 5.82 Å². The molecule has 1 fully saturated rings. The van der Waals surface area contributed by atoms with E-state index in [9.17, 15) is 4.79 Å². The number of nitrogens with two attached hydrogens (primary N) is 1. The summed E-state index contributed by atoms with van der Waals surface area (Å²) in [4.78, 5) is 14.4. The lowest BCUT2D eigenvalue weighted by Crippen LogP contribution is -2.34. The number of hydrogen-bond donors (Lipinski definition) is 3. The molecule has 0 bridgehead atoms. The Morgan fingerprint density at radius 1 is 1.48 bits per heavy atom. The van der Waals surface area contributed by atoms with Crippen molar-refractivity contribution in [2.24, 2.45) is 5.41 Å². The van der Waals surface area contributed by atoms with Crippen LogP contribution in [0, 0.1) is 5.41 Å². The number of nitrogens with one attached hydrogen (secondary N) is 2. The van der Waals surface area contributed by atoms with Crippen molar-refractivity contribution in [2.45, 2.75) is 32.7 Å². The van der Waals surface area contributed by atoms with Gasteiger partial charge in [0, 0.05) is 19.1 Å². The summed E-state index contributed by atoms with van der Waals surface area (Å²) in [7, 11) is 4.11. The molecule has 0 aliphatic heterocycles. The molecule has 7 heteroatoms. The van der Waals surface area contributed by atoms with Gasteiger partial charge in [-0.15, -0.1) is 0 Å². The summed E-state index contributed by atoms with van der Waals surface area (Å²) in [6.45, 7) is 6.09. The molecule has 1 heterocycles. The molecule has 0 saturated heterocycles. The van der Waals surface area contributed by atoms with Crippen LogP contribution in [0.5, 0.6) is 0 Å². The van der Waals surface area contributed by atoms with Crippen LogP contribution in [0.4, 0.5) is 10.8 Å². The quantitative estimate of drug-likeness (QED) is 0.712. The van der Waals surface area contributed by atoms with Crippen LogP contribution in [0.2, 0.25) is 0 Å². The molecule has 1 aliphatic rings. The normalized spacial score (nSPS) is 15.3. The first-order valence-corrected chi connectivity index (χ1v) is 8.00. The number of carbonyl (C=O) groups excluding carboxylic acids is 1. The second-order valence-corrected chi connectivity index (χ2v) is 7.55. The van der Waals surface area contributed by atoms with Crippen molar-refractivity contribution in [3.05, 3.63) is 5.56 Å². The van der Waals surface area contributed by atoms with Gasteiger partial charge >= 0.3 is 0 Å². The molecule has 21 heavy (non-hydrogen) atoms. The molecule has 0 unspecified atom stereocenters. The first-order valence-electron chi connectivity index (χ1n) is 7.23. The van der Waals surface area contributed by atoms with E-state index in [1.807, 2.05) is 0 Å². The average Bonchev–Trinajstić information content (AvgIpc) is 3.07. The van der Waals surface area contributed by atoms with Gasteiger partial charge in [-0.25, -0.2) is 0 Å². The van der Waals surface area contributed by atoms with Crippen LogP contribution in [0.25, 0.3) is 0 Å². The van der Waals surface area contributed by atoms with Crippen LogP contribution in [0.3, 0.4) is 0 Å². The van der Waals surface area contributed by atoms with Crippen LogP contribution < -0.4 is 16.4 Å². The maximum Gasteiger partial charge on any atom is 0.258 e. The zero-order valence-electron chi connectivity index (χ0n) is 13.2. The van der Waals surface area contributed by atoms with Crippen LogP contribution in [-0.2, 0) is 0 Å². The number of nitrogen functional groups attached to an aromatic ring is 1. The standard InChI is InChI=1S/C14H25N5OS/c1-14(2,8-19(3)4)7-16-13-10(11(15)18-21-13)12(20)17-9-5-6-9/h9,16H,5-8H2,1-4H3,(H2,15,18)(H,17,20). The Balaban J connectivity index is 2.01. The van der Waals surface area contributed by atoms with Crippen molar-refractivity contribution < 1.29 is 4.79 Å². The maximum absolute atomic E-state index is 12.2. The van der Waals surface area contributed by atoms with E-state index in [2.05, 4.69) is 47.8 Å². The van der Waals surface area contributed by atoms with Crippen molar-refractivity contribution in [1.82, 2.24) is 14.6 Å². The van der Waals surface area contributed by atoms with Gasteiger partial charge in [-0.1, -0.05) is 13.8 Å². The van der Waals surface area contributed by atoms with Crippen molar-refractivity contribution in [3.8, 4) is 0 Å². The van der Waals surface area contributed by atoms with Gasteiger partial charge in [-0.3, -0.25) is 4.79 Å². The third kappa shape index (κ3) is 4.57. The fraction of sp³-hybridized carbons (Fsp3) is 0.714. The van der Waals surface area contributed by atoms with Gasteiger partial charge in [-0.05, 0) is 43.9 Å². The lowest BCUT2D eigenvalue weighted by atomic mass is 9.93. The number of hydrogen-bond acceptors (Lipinski definition) is 6. The molecule has 1 saturated carbocycles. The van der Waals surface area contributed by atoms with Crippen LogP contribution in [-0.4, -0.2) is 48.4 Å². The highest BCUT2D eigenvalue weighted by Gasteiger charge is 2.28. The minimum Gasteiger partial charge on any atom is -0.382 e. The molecule has 1 aromatic rings. The van der Waals surface area contributed by atoms with Gasteiger partial charge in [0.2, 0.25) is 0 Å². The molecule has 118 valence electrons. The number of anilines is 2. The van der Waals surface area contributed by atoms with Crippen molar-refractivity contribution >= 4 is 28.3 Å². The Morgan fingerprint density at radius 3 is 2.71 bits per heavy atom. The zero-order valence-corrected chi connectivity index (χ0v) is 14.0. The predicted octanol–water partition coefficient (Wildman–Crippen LogP) is 1.62. The first-order chi connectivity index (χ1) is 9.78. The van der Waals surface area contributed by atoms with E-state index in [4.69, 9.17) is 5.73 Å². The fourth-order valence-electron chi connectivity index (χ4n) is 2.36. The Labute approximate surface area is 130 Å². The van der Waals surface area contributed by atoms with Crippen LogP contribution in [0.15, 0.2) is 0 Å². The Morgan fingerprint density at radius 2 is 2.14 bits per heavy atom. The number of carbonyl (C=O) groups is 1. The Hall–Kier alpha value is -1.34. The molecule has 0 spiro atoms. The molecule has 6 nitrogen and oxygen atoms in total. The number of aromatic nitrogens is 1. The second kappa shape index (κ2) is 6.19. The summed E-state index contributed by atoms with van der Waals surface area (Å²) in [5.41, 5.74) is 6.43. The third-order valence-corrected chi connectivity index (χ3v) is 4.15. The molecular weight excluding hydrogens is 286 g/mol. The molecule has 0 radical (unpaired) electrons. The van der Waals surface area contributed by atoms with Gasteiger partial charge in [0.05, 0.1) is 0 Å². The highest BCUT2D eigenvalue weighted by Crippen LogP contribution is 2.29. The molecule has 1 aliphatic carbocycles. The zero-order chi connectivity index (χ0) is 15.6. The van der Waals surface area contributed by atoms with E-state index in [0.717, 1.165) is 30.9 Å². The number of nitrogens with zero attached hydrogens (tertiary/aromatic N) is 2. The molecule has 0 aromatic carbocycles. The highest BCUT2D eigenvalue weighted by molar-refractivity contribution is 7.11. The van der Waals surface area contributed by atoms with Gasteiger partial charge in [-0.2, -0.15) is 4.37 Å². The summed E-state index contributed by atoms with van der Waals surface area (Å²) < 4.78 is 4.11. The number of rotatable bonds is 7. The maximum atomic E-state index is 12.2. The summed E-state index contributed by atoms with van der Waals surface area (Å²) in [6, 6.07) is 0.315. The Bertz CT molecular complexity index is 507. The van der Waals surface area contributed by atoms with Gasteiger partial charge < -0.3 is 21.3 Å². The Kier molecular flexibility index (Phi) is 4.73. The smallest absolute Gasteiger partial charge is 0.258 e. The van der Waals surface area contributed by atoms with Crippen molar-refractivity contribution in [2.75, 3.05) is 38.2 Å². The summed E-state index contributed by atoms with van der Waals surface area (Å²) >= 11 is 1.25. The summed E-state index contributed by atoms with van der Waals surface area (Å²) in [5, 5.41) is 7.07. The second-order valence-electron chi connectivity index (χ2n) is 6.78. The van der Waals surface area contributed by atoms with E-state index in [0.29, 0.717) is 17.4 Å². The fourth-order valence-corrected chi connectivity index (χ4v) is 3.07. The van der Waals surface area contributed by atoms with E-state index in [1.54, 1.807) is 0 Å².